The molecule has 13 heavy (non-hydrogen) atoms. The van der Waals surface area contributed by atoms with Crippen molar-refractivity contribution < 1.29 is 0 Å². The molecule has 1 saturated carbocycles. The molecule has 0 amide bonds. The Kier molecular flexibility index (Phi) is 2.11. The molecule has 1 aromatic heterocycles. The lowest BCUT2D eigenvalue weighted by Crippen LogP contribution is -2.05. The quantitative estimate of drug-likeness (QED) is 0.821. The van der Waals surface area contributed by atoms with Gasteiger partial charge in [-0.05, 0) is 41.1 Å². The van der Waals surface area contributed by atoms with Gasteiger partial charge in [-0.15, -0.1) is 0 Å². The Labute approximate surface area is 84.9 Å². The summed E-state index contributed by atoms with van der Waals surface area (Å²) in [4.78, 5) is 8.26. The van der Waals surface area contributed by atoms with Crippen LogP contribution in [0.15, 0.2) is 4.60 Å². The molecule has 0 unspecified atom stereocenters. The molecule has 0 atom stereocenters. The second-order valence-corrected chi connectivity index (χ2v) is 4.13. The highest BCUT2D eigenvalue weighted by molar-refractivity contribution is 9.10. The minimum absolute atomic E-state index is 0.298. The molecular formula is C8H11BrN4. The summed E-state index contributed by atoms with van der Waals surface area (Å²) in [6.45, 7) is 0. The van der Waals surface area contributed by atoms with Crippen LogP contribution in [0.25, 0.3) is 0 Å². The summed E-state index contributed by atoms with van der Waals surface area (Å²) in [5.41, 5.74) is 12.0. The minimum Gasteiger partial charge on any atom is -0.381 e. The van der Waals surface area contributed by atoms with Gasteiger partial charge >= 0.3 is 0 Å². The molecule has 1 fully saturated rings. The Morgan fingerprint density at radius 2 is 1.85 bits per heavy atom. The van der Waals surface area contributed by atoms with Gasteiger partial charge in [0.25, 0.3) is 0 Å². The van der Waals surface area contributed by atoms with Crippen molar-refractivity contribution in [1.82, 2.24) is 9.97 Å². The fraction of sp³-hybridized carbons (Fsp3) is 0.500. The molecular weight excluding hydrogens is 232 g/mol. The van der Waals surface area contributed by atoms with Crippen molar-refractivity contribution in [3.63, 3.8) is 0 Å². The molecule has 0 aliphatic heterocycles. The lowest BCUT2D eigenvalue weighted by Gasteiger charge is -2.04. The SMILES string of the molecule is Nc1nc(Br)c(CC2CC2)nc1N. The average Bonchev–Trinajstić information content (AvgIpc) is 2.84. The van der Waals surface area contributed by atoms with E-state index < -0.39 is 0 Å². The van der Waals surface area contributed by atoms with E-state index in [0.717, 1.165) is 22.6 Å². The van der Waals surface area contributed by atoms with Gasteiger partial charge in [0.15, 0.2) is 11.6 Å². The van der Waals surface area contributed by atoms with Gasteiger partial charge in [-0.3, -0.25) is 0 Å². The lowest BCUT2D eigenvalue weighted by atomic mass is 10.2. The predicted octanol–water partition coefficient (Wildman–Crippen LogP) is 1.36. The third-order valence-corrected chi connectivity index (χ3v) is 2.79. The number of nitrogens with two attached hydrogens (primary N) is 2. The number of rotatable bonds is 2. The van der Waals surface area contributed by atoms with Gasteiger partial charge in [0, 0.05) is 0 Å². The zero-order chi connectivity index (χ0) is 9.42. The van der Waals surface area contributed by atoms with E-state index in [1.165, 1.54) is 12.8 Å². The summed E-state index contributed by atoms with van der Waals surface area (Å²) < 4.78 is 0.728. The van der Waals surface area contributed by atoms with Gasteiger partial charge in [0.05, 0.1) is 5.69 Å². The standard InChI is InChI=1S/C8H11BrN4/c9-6-5(3-4-1-2-4)12-7(10)8(11)13-6/h4H,1-3H2,(H2,10,12)(H2,11,13). The van der Waals surface area contributed by atoms with Crippen molar-refractivity contribution in [3.8, 4) is 0 Å². The fourth-order valence-corrected chi connectivity index (χ4v) is 1.64. The molecule has 1 aromatic rings. The van der Waals surface area contributed by atoms with Gasteiger partial charge in [0.1, 0.15) is 4.60 Å². The highest BCUT2D eigenvalue weighted by atomic mass is 79.9. The Hall–Kier alpha value is -0.840. The summed E-state index contributed by atoms with van der Waals surface area (Å²) >= 11 is 3.33. The van der Waals surface area contributed by atoms with E-state index in [2.05, 4.69) is 25.9 Å². The van der Waals surface area contributed by atoms with Crippen LogP contribution in [0.4, 0.5) is 11.6 Å². The van der Waals surface area contributed by atoms with Gasteiger partial charge in [-0.1, -0.05) is 0 Å². The zero-order valence-electron chi connectivity index (χ0n) is 7.13. The van der Waals surface area contributed by atoms with E-state index in [-0.39, 0.29) is 0 Å². The van der Waals surface area contributed by atoms with E-state index in [9.17, 15) is 0 Å². The highest BCUT2D eigenvalue weighted by Gasteiger charge is 2.24. The van der Waals surface area contributed by atoms with Crippen LogP contribution in [0.2, 0.25) is 0 Å². The van der Waals surface area contributed by atoms with E-state index in [0.29, 0.717) is 11.6 Å². The average molecular weight is 243 g/mol. The molecule has 1 aliphatic carbocycles. The maximum atomic E-state index is 5.57. The number of hydrogen-bond donors (Lipinski definition) is 2. The Morgan fingerprint density at radius 3 is 2.46 bits per heavy atom. The zero-order valence-corrected chi connectivity index (χ0v) is 8.71. The van der Waals surface area contributed by atoms with Crippen LogP contribution < -0.4 is 11.5 Å². The first-order valence-corrected chi connectivity index (χ1v) is 5.03. The van der Waals surface area contributed by atoms with Crippen LogP contribution in [0.3, 0.4) is 0 Å². The first-order valence-electron chi connectivity index (χ1n) is 4.24. The molecule has 4 N–H and O–H groups in total. The Bertz CT molecular complexity index is 335. The predicted molar refractivity (Wildman–Crippen MR) is 55.0 cm³/mol. The van der Waals surface area contributed by atoms with E-state index in [1.807, 2.05) is 0 Å². The molecule has 0 radical (unpaired) electrons. The van der Waals surface area contributed by atoms with Crippen LogP contribution >= 0.6 is 15.9 Å². The van der Waals surface area contributed by atoms with E-state index >= 15 is 0 Å². The first kappa shape index (κ1) is 8.74. The van der Waals surface area contributed by atoms with Crippen molar-refractivity contribution in [2.24, 2.45) is 5.92 Å². The lowest BCUT2D eigenvalue weighted by molar-refractivity contribution is 0.793. The van der Waals surface area contributed by atoms with Gasteiger partial charge in [-0.25, -0.2) is 9.97 Å². The molecule has 0 saturated heterocycles. The van der Waals surface area contributed by atoms with Gasteiger partial charge < -0.3 is 11.5 Å². The summed E-state index contributed by atoms with van der Waals surface area (Å²) in [6.07, 6.45) is 3.54. The normalized spacial score (nSPS) is 16.1. The smallest absolute Gasteiger partial charge is 0.167 e. The number of halogens is 1. The van der Waals surface area contributed by atoms with Gasteiger partial charge in [0.2, 0.25) is 0 Å². The fourth-order valence-electron chi connectivity index (χ4n) is 1.20. The second-order valence-electron chi connectivity index (χ2n) is 3.38. The maximum Gasteiger partial charge on any atom is 0.167 e. The van der Waals surface area contributed by atoms with Crippen LogP contribution in [0.1, 0.15) is 18.5 Å². The van der Waals surface area contributed by atoms with Crippen molar-refractivity contribution in [2.45, 2.75) is 19.3 Å². The Balaban J connectivity index is 2.27. The number of hydrogen-bond acceptors (Lipinski definition) is 4. The minimum atomic E-state index is 0.298. The van der Waals surface area contributed by atoms with Crippen molar-refractivity contribution in [2.75, 3.05) is 11.5 Å². The summed E-state index contributed by atoms with van der Waals surface area (Å²) in [5.74, 6) is 1.40. The molecule has 0 bridgehead atoms. The molecule has 1 heterocycles. The molecule has 70 valence electrons. The number of anilines is 2. The van der Waals surface area contributed by atoms with E-state index in [4.69, 9.17) is 11.5 Å². The topological polar surface area (TPSA) is 77.8 Å². The number of aromatic nitrogens is 2. The number of nitrogen functional groups attached to an aromatic ring is 2. The molecule has 4 nitrogen and oxygen atoms in total. The summed E-state index contributed by atoms with van der Waals surface area (Å²) in [5, 5.41) is 0. The van der Waals surface area contributed by atoms with Crippen molar-refractivity contribution >= 4 is 27.6 Å². The van der Waals surface area contributed by atoms with Crippen LogP contribution in [-0.4, -0.2) is 9.97 Å². The summed E-state index contributed by atoms with van der Waals surface area (Å²) in [6, 6.07) is 0. The molecule has 5 heteroatoms. The van der Waals surface area contributed by atoms with Crippen LogP contribution in [0, 0.1) is 5.92 Å². The molecule has 0 spiro atoms. The highest BCUT2D eigenvalue weighted by Crippen LogP contribution is 2.34. The second kappa shape index (κ2) is 3.14. The third-order valence-electron chi connectivity index (χ3n) is 2.15. The monoisotopic (exact) mass is 242 g/mol. The van der Waals surface area contributed by atoms with Crippen LogP contribution in [0.5, 0.6) is 0 Å². The van der Waals surface area contributed by atoms with Crippen molar-refractivity contribution in [3.05, 3.63) is 10.3 Å². The van der Waals surface area contributed by atoms with E-state index in [1.54, 1.807) is 0 Å². The third kappa shape index (κ3) is 1.91. The Morgan fingerprint density at radius 1 is 1.23 bits per heavy atom. The molecule has 2 rings (SSSR count). The molecule has 0 aromatic carbocycles. The van der Waals surface area contributed by atoms with Gasteiger partial charge in [-0.2, -0.15) is 0 Å². The largest absolute Gasteiger partial charge is 0.381 e. The summed E-state index contributed by atoms with van der Waals surface area (Å²) in [7, 11) is 0. The first-order chi connectivity index (χ1) is 6.16. The number of nitrogens with zero attached hydrogens (tertiary/aromatic N) is 2. The van der Waals surface area contributed by atoms with Crippen molar-refractivity contribution in [1.29, 1.82) is 0 Å². The maximum absolute atomic E-state index is 5.57. The molecule has 1 aliphatic rings. The van der Waals surface area contributed by atoms with Crippen LogP contribution in [-0.2, 0) is 6.42 Å².